The van der Waals surface area contributed by atoms with Crippen LogP contribution in [0.4, 0.5) is 0 Å². The first kappa shape index (κ1) is 16.9. The Bertz CT molecular complexity index is 467. The predicted octanol–water partition coefficient (Wildman–Crippen LogP) is 2.18. The first-order valence-electron chi connectivity index (χ1n) is 8.31. The maximum Gasteiger partial charge on any atom is 0.227 e. The third-order valence-electron chi connectivity index (χ3n) is 4.11. The van der Waals surface area contributed by atoms with Gasteiger partial charge in [-0.25, -0.2) is 0 Å². The highest BCUT2D eigenvalue weighted by atomic mass is 16.5. The van der Waals surface area contributed by atoms with Gasteiger partial charge in [-0.1, -0.05) is 31.8 Å². The number of nitrogens with one attached hydrogen (secondary N) is 1. The van der Waals surface area contributed by atoms with Crippen molar-refractivity contribution in [1.29, 1.82) is 0 Å². The van der Waals surface area contributed by atoms with Gasteiger partial charge in [0, 0.05) is 18.8 Å². The number of aliphatic hydroxyl groups excluding tert-OH is 1. The minimum Gasteiger partial charge on any atom is -0.394 e. The molecule has 1 unspecified atom stereocenters. The average Bonchev–Trinajstić information content (AvgIpc) is 3.14. The van der Waals surface area contributed by atoms with Gasteiger partial charge in [0.05, 0.1) is 12.6 Å². The van der Waals surface area contributed by atoms with E-state index in [4.69, 9.17) is 4.52 Å². The smallest absolute Gasteiger partial charge is 0.227 e. The van der Waals surface area contributed by atoms with Crippen LogP contribution in [0.2, 0.25) is 0 Å². The van der Waals surface area contributed by atoms with Crippen LogP contribution in [0.15, 0.2) is 4.52 Å². The van der Waals surface area contributed by atoms with Gasteiger partial charge >= 0.3 is 0 Å². The zero-order chi connectivity index (χ0) is 15.9. The Labute approximate surface area is 131 Å². The molecule has 2 N–H and O–H groups in total. The van der Waals surface area contributed by atoms with Gasteiger partial charge in [-0.3, -0.25) is 4.79 Å². The van der Waals surface area contributed by atoms with Crippen LogP contribution in [-0.2, 0) is 11.2 Å². The summed E-state index contributed by atoms with van der Waals surface area (Å²) in [6.07, 6.45) is 6.26. The van der Waals surface area contributed by atoms with Crippen molar-refractivity contribution in [2.24, 2.45) is 5.92 Å². The molecule has 1 amide bonds. The van der Waals surface area contributed by atoms with Gasteiger partial charge in [-0.15, -0.1) is 0 Å². The van der Waals surface area contributed by atoms with E-state index >= 15 is 0 Å². The fraction of sp³-hybridized carbons (Fsp3) is 0.812. The standard InChI is InChI=1S/C16H27N3O3/c1-11(2)9-13(10-20)17-14(21)7-8-15-18-16(19-22-15)12-5-3-4-6-12/h11-13,20H,3-10H2,1-2H3,(H,17,21). The van der Waals surface area contributed by atoms with E-state index in [0.29, 0.717) is 30.6 Å². The molecule has 22 heavy (non-hydrogen) atoms. The Morgan fingerprint density at radius 2 is 2.14 bits per heavy atom. The van der Waals surface area contributed by atoms with E-state index < -0.39 is 0 Å². The molecule has 124 valence electrons. The second kappa shape index (κ2) is 8.27. The Morgan fingerprint density at radius 3 is 2.77 bits per heavy atom. The molecule has 0 spiro atoms. The summed E-state index contributed by atoms with van der Waals surface area (Å²) >= 11 is 0. The van der Waals surface area contributed by atoms with Gasteiger partial charge in [0.1, 0.15) is 0 Å². The van der Waals surface area contributed by atoms with Crippen LogP contribution in [0.1, 0.15) is 70.0 Å². The maximum absolute atomic E-state index is 11.9. The van der Waals surface area contributed by atoms with Crippen LogP contribution in [0.25, 0.3) is 0 Å². The maximum atomic E-state index is 11.9. The van der Waals surface area contributed by atoms with Crippen molar-refractivity contribution in [1.82, 2.24) is 15.5 Å². The molecule has 6 nitrogen and oxygen atoms in total. The lowest BCUT2D eigenvalue weighted by Crippen LogP contribution is -2.38. The van der Waals surface area contributed by atoms with Crippen LogP contribution in [-0.4, -0.2) is 33.8 Å². The number of rotatable bonds is 8. The lowest BCUT2D eigenvalue weighted by atomic mass is 10.0. The molecule has 1 aliphatic carbocycles. The van der Waals surface area contributed by atoms with Crippen LogP contribution in [0.5, 0.6) is 0 Å². The number of amides is 1. The van der Waals surface area contributed by atoms with Crippen molar-refractivity contribution < 1.29 is 14.4 Å². The quantitative estimate of drug-likeness (QED) is 0.768. The number of hydrogen-bond acceptors (Lipinski definition) is 5. The number of hydrogen-bond donors (Lipinski definition) is 2. The number of carbonyl (C=O) groups excluding carboxylic acids is 1. The largest absolute Gasteiger partial charge is 0.394 e. The summed E-state index contributed by atoms with van der Waals surface area (Å²) in [4.78, 5) is 16.3. The van der Waals surface area contributed by atoms with Crippen molar-refractivity contribution in [3.63, 3.8) is 0 Å². The molecule has 1 saturated carbocycles. The Morgan fingerprint density at radius 1 is 1.41 bits per heavy atom. The van der Waals surface area contributed by atoms with Gasteiger partial charge in [-0.05, 0) is 25.2 Å². The number of aromatic nitrogens is 2. The molecule has 0 aromatic carbocycles. The second-order valence-corrected chi connectivity index (χ2v) is 6.60. The van der Waals surface area contributed by atoms with E-state index in [1.54, 1.807) is 0 Å². The Hall–Kier alpha value is -1.43. The Kier molecular flexibility index (Phi) is 6.36. The third kappa shape index (κ3) is 5.09. The van der Waals surface area contributed by atoms with Crippen LogP contribution in [0, 0.1) is 5.92 Å². The van der Waals surface area contributed by atoms with E-state index in [2.05, 4.69) is 29.3 Å². The number of aliphatic hydroxyl groups is 1. The normalized spacial score (nSPS) is 17.1. The minimum absolute atomic E-state index is 0.0314. The molecule has 1 aromatic rings. The fourth-order valence-corrected chi connectivity index (χ4v) is 2.99. The molecule has 0 aliphatic heterocycles. The van der Waals surface area contributed by atoms with E-state index in [1.165, 1.54) is 12.8 Å². The number of aryl methyl sites for hydroxylation is 1. The van der Waals surface area contributed by atoms with E-state index in [0.717, 1.165) is 25.1 Å². The van der Waals surface area contributed by atoms with Crippen molar-refractivity contribution in [3.8, 4) is 0 Å². The Balaban J connectivity index is 1.76. The molecule has 0 radical (unpaired) electrons. The minimum atomic E-state index is -0.177. The van der Waals surface area contributed by atoms with Crippen LogP contribution < -0.4 is 5.32 Å². The molecule has 0 bridgehead atoms. The molecule has 1 aliphatic rings. The van der Waals surface area contributed by atoms with E-state index in [1.807, 2.05) is 0 Å². The molecule has 1 atom stereocenters. The lowest BCUT2D eigenvalue weighted by molar-refractivity contribution is -0.122. The fourth-order valence-electron chi connectivity index (χ4n) is 2.99. The summed E-state index contributed by atoms with van der Waals surface area (Å²) in [6.45, 7) is 4.10. The first-order chi connectivity index (χ1) is 10.6. The first-order valence-corrected chi connectivity index (χ1v) is 8.31. The summed E-state index contributed by atoms with van der Waals surface area (Å²) in [5.74, 6) is 2.10. The monoisotopic (exact) mass is 309 g/mol. The van der Waals surface area contributed by atoms with Gasteiger partial charge in [-0.2, -0.15) is 4.98 Å². The highest BCUT2D eigenvalue weighted by Gasteiger charge is 2.22. The number of nitrogens with zero attached hydrogens (tertiary/aromatic N) is 2. The molecular weight excluding hydrogens is 282 g/mol. The van der Waals surface area contributed by atoms with Crippen LogP contribution >= 0.6 is 0 Å². The van der Waals surface area contributed by atoms with Crippen LogP contribution in [0.3, 0.4) is 0 Å². The number of carbonyl (C=O) groups is 1. The highest BCUT2D eigenvalue weighted by molar-refractivity contribution is 5.76. The van der Waals surface area contributed by atoms with Gasteiger partial charge in [0.2, 0.25) is 11.8 Å². The van der Waals surface area contributed by atoms with Crippen molar-refractivity contribution in [3.05, 3.63) is 11.7 Å². The van der Waals surface area contributed by atoms with Gasteiger partial charge < -0.3 is 14.9 Å². The zero-order valence-corrected chi connectivity index (χ0v) is 13.5. The zero-order valence-electron chi connectivity index (χ0n) is 13.5. The van der Waals surface area contributed by atoms with Gasteiger partial charge in [0.15, 0.2) is 5.82 Å². The van der Waals surface area contributed by atoms with E-state index in [-0.39, 0.29) is 18.6 Å². The predicted molar refractivity (Wildman–Crippen MR) is 82.3 cm³/mol. The molecule has 0 saturated heterocycles. The average molecular weight is 309 g/mol. The molecule has 1 heterocycles. The second-order valence-electron chi connectivity index (χ2n) is 6.60. The molecule has 1 fully saturated rings. The third-order valence-corrected chi connectivity index (χ3v) is 4.11. The summed E-state index contributed by atoms with van der Waals surface area (Å²) in [6, 6.07) is -0.177. The summed E-state index contributed by atoms with van der Waals surface area (Å²) in [5, 5.41) is 16.2. The van der Waals surface area contributed by atoms with E-state index in [9.17, 15) is 9.90 Å². The van der Waals surface area contributed by atoms with Crippen molar-refractivity contribution in [2.75, 3.05) is 6.61 Å². The lowest BCUT2D eigenvalue weighted by Gasteiger charge is -2.17. The molecule has 2 rings (SSSR count). The summed E-state index contributed by atoms with van der Waals surface area (Å²) in [7, 11) is 0. The van der Waals surface area contributed by atoms with Crippen molar-refractivity contribution >= 4 is 5.91 Å². The SMILES string of the molecule is CC(C)CC(CO)NC(=O)CCc1nc(C2CCCC2)no1. The highest BCUT2D eigenvalue weighted by Crippen LogP contribution is 2.32. The molecule has 6 heteroatoms. The molecule has 1 aromatic heterocycles. The van der Waals surface area contributed by atoms with Gasteiger partial charge in [0.25, 0.3) is 0 Å². The summed E-state index contributed by atoms with van der Waals surface area (Å²) in [5.41, 5.74) is 0. The summed E-state index contributed by atoms with van der Waals surface area (Å²) < 4.78 is 5.23. The molecular formula is C16H27N3O3. The topological polar surface area (TPSA) is 88.2 Å². The van der Waals surface area contributed by atoms with Crippen molar-refractivity contribution in [2.45, 2.75) is 70.8 Å².